The molecule has 0 bridgehead atoms. The van der Waals surface area contributed by atoms with Gasteiger partial charge >= 0.3 is 0 Å². The van der Waals surface area contributed by atoms with Gasteiger partial charge in [-0.2, -0.15) is 10.4 Å². The largest absolute Gasteiger partial charge is 0.338 e. The van der Waals surface area contributed by atoms with Crippen molar-refractivity contribution in [2.45, 2.75) is 20.8 Å². The van der Waals surface area contributed by atoms with E-state index in [0.717, 1.165) is 5.56 Å². The highest BCUT2D eigenvalue weighted by Crippen LogP contribution is 2.22. The Hall–Kier alpha value is -2.48. The molecule has 0 radical (unpaired) electrons. The summed E-state index contributed by atoms with van der Waals surface area (Å²) in [7, 11) is 0. The average molecular weight is 256 g/mol. The maximum atomic E-state index is 13.5. The lowest BCUT2D eigenvalue weighted by Gasteiger charge is -2.10. The molecule has 0 atom stereocenters. The molecule has 4 nitrogen and oxygen atoms in total. The molecule has 0 fully saturated rings. The second-order valence-corrected chi connectivity index (χ2v) is 4.33. The fraction of sp³-hybridized carbons (Fsp3) is 0.214. The Morgan fingerprint density at radius 2 is 1.95 bits per heavy atom. The number of nitriles is 1. The van der Waals surface area contributed by atoms with Crippen LogP contribution < -0.4 is 5.32 Å². The SMILES string of the molecule is Cc1ccc(Nc2nnc(C)c(C)c2C#N)cc1F. The van der Waals surface area contributed by atoms with Crippen LogP contribution in [0.15, 0.2) is 18.2 Å². The molecule has 0 saturated heterocycles. The first-order valence-electron chi connectivity index (χ1n) is 5.80. The second kappa shape index (κ2) is 5.02. The van der Waals surface area contributed by atoms with Crippen molar-refractivity contribution in [3.8, 4) is 6.07 Å². The molecule has 2 aromatic rings. The minimum absolute atomic E-state index is 0.305. The molecule has 19 heavy (non-hydrogen) atoms. The average Bonchev–Trinajstić information content (AvgIpc) is 2.39. The molecule has 1 aromatic heterocycles. The third-order valence-electron chi connectivity index (χ3n) is 3.00. The summed E-state index contributed by atoms with van der Waals surface area (Å²) in [6.45, 7) is 5.29. The van der Waals surface area contributed by atoms with Crippen molar-refractivity contribution in [3.05, 3.63) is 46.4 Å². The Morgan fingerprint density at radius 1 is 1.21 bits per heavy atom. The maximum absolute atomic E-state index is 13.5. The highest BCUT2D eigenvalue weighted by Gasteiger charge is 2.11. The highest BCUT2D eigenvalue weighted by atomic mass is 19.1. The molecule has 1 heterocycles. The van der Waals surface area contributed by atoms with Crippen LogP contribution in [0.4, 0.5) is 15.9 Å². The standard InChI is InChI=1S/C14H13FN4/c1-8-4-5-11(6-13(8)15)17-14-12(7-16)9(2)10(3)18-19-14/h4-6H,1-3H3,(H,17,19). The smallest absolute Gasteiger partial charge is 0.171 e. The van der Waals surface area contributed by atoms with Crippen LogP contribution in [0.2, 0.25) is 0 Å². The van der Waals surface area contributed by atoms with E-state index in [9.17, 15) is 4.39 Å². The summed E-state index contributed by atoms with van der Waals surface area (Å²) in [6, 6.07) is 6.86. The van der Waals surface area contributed by atoms with Crippen molar-refractivity contribution in [2.24, 2.45) is 0 Å². The number of nitrogens with zero attached hydrogens (tertiary/aromatic N) is 3. The van der Waals surface area contributed by atoms with Gasteiger partial charge in [0, 0.05) is 5.69 Å². The third kappa shape index (κ3) is 2.52. The molecule has 0 unspecified atom stereocenters. The van der Waals surface area contributed by atoms with Crippen LogP contribution in [0.3, 0.4) is 0 Å². The van der Waals surface area contributed by atoms with Gasteiger partial charge < -0.3 is 5.32 Å². The Labute approximate surface area is 110 Å². The van der Waals surface area contributed by atoms with Gasteiger partial charge in [-0.15, -0.1) is 5.10 Å². The first-order valence-corrected chi connectivity index (χ1v) is 5.80. The van der Waals surface area contributed by atoms with E-state index < -0.39 is 0 Å². The normalized spacial score (nSPS) is 10.1. The number of hydrogen-bond acceptors (Lipinski definition) is 4. The first-order chi connectivity index (χ1) is 9.02. The summed E-state index contributed by atoms with van der Waals surface area (Å²) in [6.07, 6.45) is 0. The molecule has 96 valence electrons. The number of aromatic nitrogens is 2. The van der Waals surface area contributed by atoms with Gasteiger partial charge in [0.1, 0.15) is 17.4 Å². The van der Waals surface area contributed by atoms with Crippen LogP contribution in [0, 0.1) is 37.9 Å². The van der Waals surface area contributed by atoms with E-state index in [1.165, 1.54) is 6.07 Å². The molecule has 2 rings (SSSR count). The zero-order valence-electron chi connectivity index (χ0n) is 11.0. The zero-order valence-corrected chi connectivity index (χ0v) is 11.0. The first kappa shape index (κ1) is 13.0. The number of halogens is 1. The Morgan fingerprint density at radius 3 is 2.58 bits per heavy atom. The zero-order chi connectivity index (χ0) is 14.0. The van der Waals surface area contributed by atoms with Gasteiger partial charge in [-0.3, -0.25) is 0 Å². The molecule has 0 aliphatic carbocycles. The summed E-state index contributed by atoms with van der Waals surface area (Å²) in [5, 5.41) is 20.0. The predicted octanol–water partition coefficient (Wildman–Crippen LogP) is 3.16. The third-order valence-corrected chi connectivity index (χ3v) is 3.00. The number of nitrogens with one attached hydrogen (secondary N) is 1. The quantitative estimate of drug-likeness (QED) is 0.896. The minimum Gasteiger partial charge on any atom is -0.338 e. The van der Waals surface area contributed by atoms with Gasteiger partial charge in [0.15, 0.2) is 5.82 Å². The van der Waals surface area contributed by atoms with Gasteiger partial charge in [0.2, 0.25) is 0 Å². The number of rotatable bonds is 2. The summed E-state index contributed by atoms with van der Waals surface area (Å²) in [5.41, 5.74) is 3.01. The van der Waals surface area contributed by atoms with E-state index in [4.69, 9.17) is 5.26 Å². The number of aryl methyl sites for hydroxylation is 2. The topological polar surface area (TPSA) is 61.6 Å². The molecule has 1 aromatic carbocycles. The molecule has 0 saturated carbocycles. The van der Waals surface area contributed by atoms with Gasteiger partial charge in [-0.05, 0) is 44.0 Å². The van der Waals surface area contributed by atoms with E-state index in [0.29, 0.717) is 28.3 Å². The molecule has 0 aliphatic heterocycles. The number of hydrogen-bond donors (Lipinski definition) is 1. The fourth-order valence-corrected chi connectivity index (χ4v) is 1.64. The molecule has 5 heteroatoms. The van der Waals surface area contributed by atoms with Gasteiger partial charge in [-0.1, -0.05) is 6.07 Å². The van der Waals surface area contributed by atoms with Crippen LogP contribution in [-0.4, -0.2) is 10.2 Å². The summed E-state index contributed by atoms with van der Waals surface area (Å²) in [5.74, 6) is 0.0363. The molecular weight excluding hydrogens is 243 g/mol. The van der Waals surface area contributed by atoms with E-state index in [1.807, 2.05) is 6.92 Å². The van der Waals surface area contributed by atoms with Crippen LogP contribution in [0.1, 0.15) is 22.4 Å². The Bertz CT molecular complexity index is 674. The second-order valence-electron chi connectivity index (χ2n) is 4.33. The minimum atomic E-state index is -0.305. The molecule has 0 aliphatic rings. The fourth-order valence-electron chi connectivity index (χ4n) is 1.64. The lowest BCUT2D eigenvalue weighted by molar-refractivity contribution is 0.619. The Balaban J connectivity index is 2.41. The van der Waals surface area contributed by atoms with Crippen LogP contribution in [0.5, 0.6) is 0 Å². The lowest BCUT2D eigenvalue weighted by Crippen LogP contribution is -2.03. The summed E-state index contributed by atoms with van der Waals surface area (Å²) in [4.78, 5) is 0. The lowest BCUT2D eigenvalue weighted by atomic mass is 10.1. The number of benzene rings is 1. The van der Waals surface area contributed by atoms with Crippen molar-refractivity contribution < 1.29 is 4.39 Å². The van der Waals surface area contributed by atoms with Gasteiger partial charge in [-0.25, -0.2) is 4.39 Å². The van der Waals surface area contributed by atoms with Crippen LogP contribution in [-0.2, 0) is 0 Å². The van der Waals surface area contributed by atoms with Crippen molar-refractivity contribution in [1.82, 2.24) is 10.2 Å². The number of anilines is 2. The van der Waals surface area contributed by atoms with Crippen molar-refractivity contribution >= 4 is 11.5 Å². The predicted molar refractivity (Wildman–Crippen MR) is 70.6 cm³/mol. The summed E-state index contributed by atoms with van der Waals surface area (Å²) < 4.78 is 13.5. The monoisotopic (exact) mass is 256 g/mol. The highest BCUT2D eigenvalue weighted by molar-refractivity contribution is 5.64. The van der Waals surface area contributed by atoms with Crippen LogP contribution in [0.25, 0.3) is 0 Å². The van der Waals surface area contributed by atoms with Crippen molar-refractivity contribution in [2.75, 3.05) is 5.32 Å². The van der Waals surface area contributed by atoms with E-state index in [1.54, 1.807) is 26.0 Å². The maximum Gasteiger partial charge on any atom is 0.171 e. The van der Waals surface area contributed by atoms with Crippen molar-refractivity contribution in [3.63, 3.8) is 0 Å². The molecular formula is C14H13FN4. The van der Waals surface area contributed by atoms with E-state index >= 15 is 0 Å². The van der Waals surface area contributed by atoms with Gasteiger partial charge in [0.25, 0.3) is 0 Å². The van der Waals surface area contributed by atoms with Crippen molar-refractivity contribution in [1.29, 1.82) is 5.26 Å². The van der Waals surface area contributed by atoms with E-state index in [-0.39, 0.29) is 5.82 Å². The molecule has 0 amide bonds. The Kier molecular flexibility index (Phi) is 3.43. The molecule has 0 spiro atoms. The molecule has 1 N–H and O–H groups in total. The van der Waals surface area contributed by atoms with E-state index in [2.05, 4.69) is 21.6 Å². The van der Waals surface area contributed by atoms with Gasteiger partial charge in [0.05, 0.1) is 5.69 Å². The van der Waals surface area contributed by atoms with Crippen LogP contribution >= 0.6 is 0 Å². The summed E-state index contributed by atoms with van der Waals surface area (Å²) >= 11 is 0.